The van der Waals surface area contributed by atoms with E-state index in [0.717, 1.165) is 23.8 Å². The lowest BCUT2D eigenvalue weighted by Gasteiger charge is -2.43. The Bertz CT molecular complexity index is 240. The fourth-order valence-electron chi connectivity index (χ4n) is 3.52. The second kappa shape index (κ2) is 5.30. The molecule has 0 aliphatic heterocycles. The normalized spacial score (nSPS) is 34.6. The van der Waals surface area contributed by atoms with Crippen LogP contribution >= 0.6 is 0 Å². The van der Waals surface area contributed by atoms with E-state index < -0.39 is 0 Å². The van der Waals surface area contributed by atoms with E-state index >= 15 is 0 Å². The van der Waals surface area contributed by atoms with Crippen molar-refractivity contribution in [2.45, 2.75) is 72.3 Å². The molecule has 2 aliphatic rings. The largest absolute Gasteiger partial charge is 0.314 e. The molecule has 0 radical (unpaired) electrons. The minimum Gasteiger partial charge on any atom is -0.314 e. The quantitative estimate of drug-likeness (QED) is 0.754. The van der Waals surface area contributed by atoms with Crippen molar-refractivity contribution >= 4 is 0 Å². The van der Waals surface area contributed by atoms with E-state index in [0.29, 0.717) is 5.41 Å². The minimum atomic E-state index is 0.587. The number of rotatable bonds is 5. The molecule has 17 heavy (non-hydrogen) atoms. The Balaban J connectivity index is 1.91. The van der Waals surface area contributed by atoms with Gasteiger partial charge in [-0.05, 0) is 61.8 Å². The Hall–Kier alpha value is -0.0400. The molecule has 0 aromatic heterocycles. The highest BCUT2D eigenvalue weighted by Gasteiger charge is 2.37. The zero-order valence-electron chi connectivity index (χ0n) is 12.3. The van der Waals surface area contributed by atoms with Crippen LogP contribution in [0.3, 0.4) is 0 Å². The lowest BCUT2D eigenvalue weighted by Crippen LogP contribution is -2.39. The molecule has 1 heteroatoms. The third-order valence-corrected chi connectivity index (χ3v) is 5.21. The Morgan fingerprint density at radius 2 is 1.94 bits per heavy atom. The van der Waals surface area contributed by atoms with Gasteiger partial charge in [0.05, 0.1) is 0 Å². The van der Waals surface area contributed by atoms with E-state index in [9.17, 15) is 0 Å². The number of hydrogen-bond acceptors (Lipinski definition) is 1. The van der Waals surface area contributed by atoms with Crippen LogP contribution in [0.2, 0.25) is 0 Å². The summed E-state index contributed by atoms with van der Waals surface area (Å²) in [5.41, 5.74) is 0.587. The topological polar surface area (TPSA) is 12.0 Å². The molecule has 0 amide bonds. The van der Waals surface area contributed by atoms with Crippen molar-refractivity contribution in [2.75, 3.05) is 6.54 Å². The summed E-state index contributed by atoms with van der Waals surface area (Å²) < 4.78 is 0. The fourth-order valence-corrected chi connectivity index (χ4v) is 3.52. The highest BCUT2D eigenvalue weighted by Crippen LogP contribution is 2.45. The van der Waals surface area contributed by atoms with Gasteiger partial charge < -0.3 is 5.32 Å². The van der Waals surface area contributed by atoms with Gasteiger partial charge in [-0.3, -0.25) is 0 Å². The third-order valence-electron chi connectivity index (χ3n) is 5.21. The molecule has 0 aromatic carbocycles. The molecule has 3 unspecified atom stereocenters. The second-order valence-electron chi connectivity index (χ2n) is 7.40. The van der Waals surface area contributed by atoms with Gasteiger partial charge in [-0.15, -0.1) is 0 Å². The van der Waals surface area contributed by atoms with Crippen LogP contribution in [0.15, 0.2) is 0 Å². The molecule has 3 atom stereocenters. The van der Waals surface area contributed by atoms with Gasteiger partial charge >= 0.3 is 0 Å². The highest BCUT2D eigenvalue weighted by molar-refractivity contribution is 4.90. The zero-order chi connectivity index (χ0) is 12.5. The molecule has 2 aliphatic carbocycles. The minimum absolute atomic E-state index is 0.587. The molecular weight excluding hydrogens is 206 g/mol. The molecular formula is C16H31N. The van der Waals surface area contributed by atoms with Gasteiger partial charge in [0, 0.05) is 6.04 Å². The van der Waals surface area contributed by atoms with Gasteiger partial charge in [0.15, 0.2) is 0 Å². The molecule has 2 rings (SSSR count). The van der Waals surface area contributed by atoms with E-state index in [1.54, 1.807) is 0 Å². The predicted octanol–water partition coefficient (Wildman–Crippen LogP) is 4.23. The molecule has 1 nitrogen and oxygen atoms in total. The van der Waals surface area contributed by atoms with Crippen LogP contribution in [0.4, 0.5) is 0 Å². The molecule has 0 heterocycles. The van der Waals surface area contributed by atoms with Gasteiger partial charge in [-0.25, -0.2) is 0 Å². The number of nitrogens with one attached hydrogen (secondary N) is 1. The smallest absolute Gasteiger partial charge is 0.00683 e. The van der Waals surface area contributed by atoms with E-state index in [-0.39, 0.29) is 0 Å². The van der Waals surface area contributed by atoms with Crippen LogP contribution in [0.1, 0.15) is 66.2 Å². The van der Waals surface area contributed by atoms with Crippen molar-refractivity contribution in [1.29, 1.82) is 0 Å². The van der Waals surface area contributed by atoms with E-state index in [1.165, 1.54) is 45.1 Å². The van der Waals surface area contributed by atoms with E-state index in [2.05, 4.69) is 33.0 Å². The number of hydrogen-bond donors (Lipinski definition) is 1. The summed E-state index contributed by atoms with van der Waals surface area (Å²) in [5.74, 6) is 2.80. The highest BCUT2D eigenvalue weighted by atomic mass is 14.9. The van der Waals surface area contributed by atoms with Crippen LogP contribution in [0, 0.1) is 23.2 Å². The van der Waals surface area contributed by atoms with Gasteiger partial charge in [-0.1, -0.05) is 34.1 Å². The first kappa shape index (κ1) is 13.4. The lowest BCUT2D eigenvalue weighted by atomic mass is 9.63. The molecule has 2 saturated carbocycles. The second-order valence-corrected chi connectivity index (χ2v) is 7.40. The molecule has 0 spiro atoms. The van der Waals surface area contributed by atoms with Crippen molar-refractivity contribution in [3.05, 3.63) is 0 Å². The van der Waals surface area contributed by atoms with Crippen LogP contribution in [-0.4, -0.2) is 12.6 Å². The van der Waals surface area contributed by atoms with Crippen molar-refractivity contribution in [2.24, 2.45) is 23.2 Å². The van der Waals surface area contributed by atoms with E-state index in [4.69, 9.17) is 0 Å². The average Bonchev–Trinajstić information content (AvgIpc) is 3.09. The van der Waals surface area contributed by atoms with Crippen molar-refractivity contribution in [3.63, 3.8) is 0 Å². The fraction of sp³-hybridized carbons (Fsp3) is 1.00. The van der Waals surface area contributed by atoms with Crippen LogP contribution < -0.4 is 5.32 Å². The SMILES string of the molecule is CCC(C)C1CC(C)(C)CCC1CNC1CC1. The first-order valence-electron chi connectivity index (χ1n) is 7.75. The van der Waals surface area contributed by atoms with E-state index in [1.807, 2.05) is 0 Å². The zero-order valence-corrected chi connectivity index (χ0v) is 12.3. The summed E-state index contributed by atoms with van der Waals surface area (Å²) in [7, 11) is 0. The summed E-state index contributed by atoms with van der Waals surface area (Å²) in [4.78, 5) is 0. The summed E-state index contributed by atoms with van der Waals surface area (Å²) in [5, 5.41) is 3.76. The van der Waals surface area contributed by atoms with Crippen molar-refractivity contribution in [3.8, 4) is 0 Å². The van der Waals surface area contributed by atoms with Crippen molar-refractivity contribution in [1.82, 2.24) is 5.32 Å². The maximum absolute atomic E-state index is 3.76. The predicted molar refractivity (Wildman–Crippen MR) is 75.1 cm³/mol. The lowest BCUT2D eigenvalue weighted by molar-refractivity contribution is 0.0771. The van der Waals surface area contributed by atoms with Crippen molar-refractivity contribution < 1.29 is 0 Å². The average molecular weight is 237 g/mol. The standard InChI is InChI=1S/C16H31N/c1-5-12(2)15-10-16(3,4)9-8-13(15)11-17-14-6-7-14/h12-15,17H,5-11H2,1-4H3. The molecule has 0 saturated heterocycles. The molecule has 0 bridgehead atoms. The van der Waals surface area contributed by atoms with Gasteiger partial charge in [0.25, 0.3) is 0 Å². The Morgan fingerprint density at radius 3 is 2.53 bits per heavy atom. The molecule has 0 aromatic rings. The van der Waals surface area contributed by atoms with Crippen LogP contribution in [-0.2, 0) is 0 Å². The van der Waals surface area contributed by atoms with Gasteiger partial charge in [0.2, 0.25) is 0 Å². The molecule has 2 fully saturated rings. The summed E-state index contributed by atoms with van der Waals surface area (Å²) in [6.45, 7) is 11.0. The Morgan fingerprint density at radius 1 is 1.24 bits per heavy atom. The first-order valence-corrected chi connectivity index (χ1v) is 7.75. The monoisotopic (exact) mass is 237 g/mol. The maximum atomic E-state index is 3.76. The Kier molecular flexibility index (Phi) is 4.18. The van der Waals surface area contributed by atoms with Gasteiger partial charge in [0.1, 0.15) is 0 Å². The maximum Gasteiger partial charge on any atom is 0.00683 e. The summed E-state index contributed by atoms with van der Waals surface area (Å²) in [6, 6.07) is 0.877. The summed E-state index contributed by atoms with van der Waals surface area (Å²) in [6.07, 6.45) is 8.51. The third kappa shape index (κ3) is 3.71. The Labute approximate surface area is 108 Å². The summed E-state index contributed by atoms with van der Waals surface area (Å²) >= 11 is 0. The molecule has 1 N–H and O–H groups in total. The molecule has 100 valence electrons. The first-order chi connectivity index (χ1) is 8.02. The van der Waals surface area contributed by atoms with Crippen LogP contribution in [0.25, 0.3) is 0 Å². The van der Waals surface area contributed by atoms with Crippen LogP contribution in [0.5, 0.6) is 0 Å². The van der Waals surface area contributed by atoms with Gasteiger partial charge in [-0.2, -0.15) is 0 Å².